The Morgan fingerprint density at radius 3 is 2.40 bits per heavy atom. The van der Waals surface area contributed by atoms with Gasteiger partial charge in [0.15, 0.2) is 0 Å². The Morgan fingerprint density at radius 2 is 2.10 bits per heavy atom. The number of hydrogen-bond donors (Lipinski definition) is 1. The van der Waals surface area contributed by atoms with Crippen molar-refractivity contribution in [2.75, 3.05) is 13.6 Å². The van der Waals surface area contributed by atoms with Crippen molar-refractivity contribution in [1.29, 1.82) is 0 Å². The van der Waals surface area contributed by atoms with E-state index >= 15 is 0 Å². The molecular weight excluding hydrogens is 132 g/mol. The molecule has 0 fully saturated rings. The van der Waals surface area contributed by atoms with Crippen LogP contribution in [0.3, 0.4) is 0 Å². The molecular formula is C6H14N2O2. The first-order valence-electron chi connectivity index (χ1n) is 3.39. The van der Waals surface area contributed by atoms with Crippen molar-refractivity contribution >= 4 is 0 Å². The lowest BCUT2D eigenvalue weighted by atomic mass is 10.1. The van der Waals surface area contributed by atoms with Crippen LogP contribution in [0.25, 0.3) is 0 Å². The zero-order valence-corrected chi connectivity index (χ0v) is 6.63. The summed E-state index contributed by atoms with van der Waals surface area (Å²) in [7, 11) is 1.52. The minimum absolute atomic E-state index is 0.0787. The minimum Gasteiger partial charge on any atom is -0.634 e. The van der Waals surface area contributed by atoms with E-state index in [1.807, 2.05) is 6.92 Å². The summed E-state index contributed by atoms with van der Waals surface area (Å²) < 4.78 is 0. The van der Waals surface area contributed by atoms with E-state index in [9.17, 15) is 10.1 Å². The first-order valence-corrected chi connectivity index (χ1v) is 3.39. The first kappa shape index (κ1) is 9.52. The van der Waals surface area contributed by atoms with Crippen molar-refractivity contribution in [2.45, 2.75) is 19.9 Å². The Labute approximate surface area is 60.8 Å². The molecule has 0 rings (SSSR count). The number of rotatable bonds is 4. The van der Waals surface area contributed by atoms with E-state index in [-0.39, 0.29) is 17.0 Å². The number of quaternary nitrogens is 1. The van der Waals surface area contributed by atoms with Crippen molar-refractivity contribution < 1.29 is 5.06 Å². The first-order chi connectivity index (χ1) is 4.57. The second-order valence-electron chi connectivity index (χ2n) is 2.73. The summed E-state index contributed by atoms with van der Waals surface area (Å²) in [6, 6.07) is -0.246. The second-order valence-corrected chi connectivity index (χ2v) is 2.73. The Kier molecular flexibility index (Phi) is 4.14. The van der Waals surface area contributed by atoms with E-state index < -0.39 is 0 Å². The summed E-state index contributed by atoms with van der Waals surface area (Å²) in [5, 5.41) is 13.5. The van der Waals surface area contributed by atoms with E-state index in [1.54, 1.807) is 6.92 Å². The Morgan fingerprint density at radius 1 is 1.60 bits per heavy atom. The maximum atomic E-state index is 10.5. The lowest BCUT2D eigenvalue weighted by Gasteiger charge is -2.21. The molecule has 0 aromatic carbocycles. The Hall–Kier alpha value is -0.480. The standard InChI is InChI=1S/C6H14N2O2/c1-5(4-8(3)10)6(2)7-9/h5-6,8H,4H2,1-3H3/t5?,6-/m0/s1. The number of nitrogens with zero attached hydrogens (tertiary/aromatic N) is 1. The van der Waals surface area contributed by atoms with Crippen LogP contribution >= 0.6 is 0 Å². The van der Waals surface area contributed by atoms with Gasteiger partial charge in [0.2, 0.25) is 0 Å². The van der Waals surface area contributed by atoms with E-state index in [2.05, 4.69) is 5.18 Å². The largest absolute Gasteiger partial charge is 0.634 e. The van der Waals surface area contributed by atoms with Gasteiger partial charge in [-0.2, -0.15) is 4.91 Å². The fourth-order valence-corrected chi connectivity index (χ4v) is 0.728. The molecule has 3 atom stereocenters. The van der Waals surface area contributed by atoms with Crippen LogP contribution < -0.4 is 5.06 Å². The predicted octanol–water partition coefficient (Wildman–Crippen LogP) is -0.210. The third-order valence-electron chi connectivity index (χ3n) is 1.60. The van der Waals surface area contributed by atoms with E-state index in [4.69, 9.17) is 0 Å². The third kappa shape index (κ3) is 3.53. The van der Waals surface area contributed by atoms with Crippen molar-refractivity contribution in [3.8, 4) is 0 Å². The normalized spacial score (nSPS) is 19.6. The summed E-state index contributed by atoms with van der Waals surface area (Å²) in [5.74, 6) is 0.0787. The molecule has 0 bridgehead atoms. The molecule has 4 heteroatoms. The van der Waals surface area contributed by atoms with Crippen LogP contribution in [-0.4, -0.2) is 19.6 Å². The molecule has 0 spiro atoms. The summed E-state index contributed by atoms with van der Waals surface area (Å²) in [4.78, 5) is 9.97. The fourth-order valence-electron chi connectivity index (χ4n) is 0.728. The number of hydroxylamine groups is 2. The highest BCUT2D eigenvalue weighted by molar-refractivity contribution is 4.65. The van der Waals surface area contributed by atoms with Crippen LogP contribution in [0.5, 0.6) is 0 Å². The van der Waals surface area contributed by atoms with Crippen LogP contribution in [0, 0.1) is 16.0 Å². The van der Waals surface area contributed by atoms with Crippen LogP contribution in [0.15, 0.2) is 5.18 Å². The number of nitroso groups, excluding NO2 is 1. The van der Waals surface area contributed by atoms with Gasteiger partial charge in [-0.3, -0.25) is 0 Å². The SMILES string of the molecule is CC(C[NH+](C)[O-])[C@H](C)N=O. The summed E-state index contributed by atoms with van der Waals surface area (Å²) >= 11 is 0. The molecule has 0 amide bonds. The van der Waals surface area contributed by atoms with Gasteiger partial charge in [0.1, 0.15) is 0 Å². The topological polar surface area (TPSA) is 56.9 Å². The molecule has 4 nitrogen and oxygen atoms in total. The van der Waals surface area contributed by atoms with E-state index in [0.29, 0.717) is 6.54 Å². The average Bonchev–Trinajstić information content (AvgIpc) is 1.85. The predicted molar refractivity (Wildman–Crippen MR) is 39.5 cm³/mol. The molecule has 0 saturated carbocycles. The van der Waals surface area contributed by atoms with Gasteiger partial charge in [0.05, 0.1) is 19.6 Å². The lowest BCUT2D eigenvalue weighted by Crippen LogP contribution is -3.04. The molecule has 0 heterocycles. The molecule has 1 N–H and O–H groups in total. The van der Waals surface area contributed by atoms with Gasteiger partial charge in [-0.25, -0.2) is 0 Å². The molecule has 0 aromatic rings. The lowest BCUT2D eigenvalue weighted by molar-refractivity contribution is -0.829. The van der Waals surface area contributed by atoms with E-state index in [1.165, 1.54) is 7.05 Å². The van der Waals surface area contributed by atoms with Crippen molar-refractivity contribution in [1.82, 2.24) is 0 Å². The smallest absolute Gasteiger partial charge is 0.0970 e. The van der Waals surface area contributed by atoms with Gasteiger partial charge in [0, 0.05) is 5.92 Å². The highest BCUT2D eigenvalue weighted by Gasteiger charge is 2.13. The Balaban J connectivity index is 3.60. The van der Waals surface area contributed by atoms with Crippen molar-refractivity contribution in [3.63, 3.8) is 0 Å². The van der Waals surface area contributed by atoms with Crippen LogP contribution in [0.2, 0.25) is 0 Å². The fraction of sp³-hybridized carbons (Fsp3) is 1.00. The minimum atomic E-state index is -0.246. The summed E-state index contributed by atoms with van der Waals surface area (Å²) in [6.45, 7) is 4.03. The van der Waals surface area contributed by atoms with Crippen LogP contribution in [0.4, 0.5) is 0 Å². The Bertz CT molecular complexity index is 106. The molecule has 0 aliphatic heterocycles. The van der Waals surface area contributed by atoms with Gasteiger partial charge < -0.3 is 10.3 Å². The maximum absolute atomic E-state index is 10.5. The number of nitrogens with one attached hydrogen (secondary N) is 1. The van der Waals surface area contributed by atoms with Gasteiger partial charge >= 0.3 is 0 Å². The zero-order chi connectivity index (χ0) is 8.15. The van der Waals surface area contributed by atoms with E-state index in [0.717, 1.165) is 0 Å². The molecule has 2 unspecified atom stereocenters. The van der Waals surface area contributed by atoms with Crippen molar-refractivity contribution in [2.24, 2.45) is 11.1 Å². The third-order valence-corrected chi connectivity index (χ3v) is 1.60. The van der Waals surface area contributed by atoms with Crippen molar-refractivity contribution in [3.05, 3.63) is 10.1 Å². The highest BCUT2D eigenvalue weighted by atomic mass is 16.5. The molecule has 0 aromatic heterocycles. The maximum Gasteiger partial charge on any atom is 0.0970 e. The van der Waals surface area contributed by atoms with Crippen LogP contribution in [0.1, 0.15) is 13.8 Å². The van der Waals surface area contributed by atoms with Gasteiger partial charge in [-0.1, -0.05) is 12.1 Å². The van der Waals surface area contributed by atoms with Gasteiger partial charge in [-0.05, 0) is 6.92 Å². The van der Waals surface area contributed by atoms with Gasteiger partial charge in [0.25, 0.3) is 0 Å². The second kappa shape index (κ2) is 4.35. The quantitative estimate of drug-likeness (QED) is 0.440. The highest BCUT2D eigenvalue weighted by Crippen LogP contribution is 2.02. The molecule has 0 aliphatic carbocycles. The number of hydrogen-bond acceptors (Lipinski definition) is 3. The summed E-state index contributed by atoms with van der Waals surface area (Å²) in [6.07, 6.45) is 0. The molecule has 60 valence electrons. The molecule has 0 radical (unpaired) electrons. The average molecular weight is 146 g/mol. The van der Waals surface area contributed by atoms with Gasteiger partial charge in [-0.15, -0.1) is 0 Å². The van der Waals surface area contributed by atoms with Crippen LogP contribution in [-0.2, 0) is 0 Å². The summed E-state index contributed by atoms with van der Waals surface area (Å²) in [5.41, 5.74) is 0. The molecule has 0 saturated heterocycles. The molecule has 10 heavy (non-hydrogen) atoms. The molecule has 0 aliphatic rings. The monoisotopic (exact) mass is 146 g/mol. The zero-order valence-electron chi connectivity index (χ0n) is 6.63.